The zero-order chi connectivity index (χ0) is 23.9. The maximum Gasteiger partial charge on any atom is 0.305 e. The van der Waals surface area contributed by atoms with E-state index in [0.717, 1.165) is 50.0 Å². The second-order valence-corrected chi connectivity index (χ2v) is 9.25. The second kappa shape index (κ2) is 11.3. The van der Waals surface area contributed by atoms with Gasteiger partial charge < -0.3 is 20.2 Å². The van der Waals surface area contributed by atoms with Crippen LogP contribution in [0.3, 0.4) is 0 Å². The van der Waals surface area contributed by atoms with Crippen molar-refractivity contribution in [3.05, 3.63) is 70.8 Å². The zero-order valence-electron chi connectivity index (χ0n) is 19.5. The number of nitrogens with one attached hydrogen (secondary N) is 1. The van der Waals surface area contributed by atoms with Crippen molar-refractivity contribution in [2.24, 2.45) is 5.92 Å². The zero-order valence-corrected chi connectivity index (χ0v) is 19.5. The molecule has 0 aromatic heterocycles. The molecule has 0 bridgehead atoms. The Morgan fingerprint density at radius 3 is 2.56 bits per heavy atom. The van der Waals surface area contributed by atoms with E-state index in [2.05, 4.69) is 5.32 Å². The van der Waals surface area contributed by atoms with E-state index in [1.54, 1.807) is 17.0 Å². The Bertz CT molecular complexity index is 1020. The number of piperidine rings is 1. The number of carboxylic acid groups (broad SMARTS) is 1. The number of nitrogens with zero attached hydrogens (tertiary/aromatic N) is 2. The predicted molar refractivity (Wildman–Crippen MR) is 130 cm³/mol. The quantitative estimate of drug-likeness (QED) is 0.565. The lowest BCUT2D eigenvalue weighted by molar-refractivity contribution is -0.137. The maximum atomic E-state index is 13.3. The molecule has 1 fully saturated rings. The molecule has 2 aliphatic rings. The van der Waals surface area contributed by atoms with E-state index in [4.69, 9.17) is 5.11 Å². The molecule has 4 rings (SSSR count). The Labute approximate surface area is 200 Å². The average molecular weight is 464 g/mol. The molecule has 2 aromatic rings. The van der Waals surface area contributed by atoms with E-state index in [0.29, 0.717) is 36.6 Å². The van der Waals surface area contributed by atoms with Crippen LogP contribution < -0.4 is 5.32 Å². The van der Waals surface area contributed by atoms with Gasteiger partial charge in [0.05, 0.1) is 6.42 Å². The van der Waals surface area contributed by atoms with Crippen LogP contribution in [0.2, 0.25) is 0 Å². The number of amides is 2. The number of carbonyl (C=O) groups excluding carboxylic acids is 2. The summed E-state index contributed by atoms with van der Waals surface area (Å²) in [5, 5.41) is 12.5. The van der Waals surface area contributed by atoms with Crippen molar-refractivity contribution in [2.45, 2.75) is 38.6 Å². The number of hydrogen-bond donors (Lipinski definition) is 2. The van der Waals surface area contributed by atoms with Crippen molar-refractivity contribution in [1.29, 1.82) is 0 Å². The van der Waals surface area contributed by atoms with Crippen LogP contribution in [0.25, 0.3) is 0 Å². The molecule has 34 heavy (non-hydrogen) atoms. The van der Waals surface area contributed by atoms with Gasteiger partial charge in [0.25, 0.3) is 11.8 Å². The first-order valence-electron chi connectivity index (χ1n) is 12.2. The van der Waals surface area contributed by atoms with E-state index in [1.807, 2.05) is 41.3 Å². The maximum absolute atomic E-state index is 13.3. The minimum absolute atomic E-state index is 0.0139. The van der Waals surface area contributed by atoms with Gasteiger partial charge in [0, 0.05) is 37.3 Å². The average Bonchev–Trinajstić information content (AvgIpc) is 3.18. The summed E-state index contributed by atoms with van der Waals surface area (Å²) in [5.41, 5.74) is 3.07. The van der Waals surface area contributed by atoms with Crippen LogP contribution >= 0.6 is 0 Å². The normalized spacial score (nSPS) is 15.9. The van der Waals surface area contributed by atoms with E-state index in [9.17, 15) is 14.4 Å². The highest BCUT2D eigenvalue weighted by Gasteiger charge is 2.29. The van der Waals surface area contributed by atoms with Crippen LogP contribution in [0.5, 0.6) is 0 Å². The third-order valence-electron chi connectivity index (χ3n) is 6.90. The Hall–Kier alpha value is -3.19. The first-order valence-corrected chi connectivity index (χ1v) is 12.2. The van der Waals surface area contributed by atoms with Gasteiger partial charge in [-0.1, -0.05) is 36.4 Å². The standard InChI is InChI=1S/C27H33N3O4/c31-25(32)12-17-29(15-10-20-4-2-1-3-5-20)26(33)22-6-7-23-19-30(27(34)24(23)18-22)16-11-21-8-13-28-14-9-21/h1-7,18,21,28H,8-17,19H2,(H,31,32). The van der Waals surface area contributed by atoms with Gasteiger partial charge in [0.15, 0.2) is 0 Å². The van der Waals surface area contributed by atoms with E-state index < -0.39 is 5.97 Å². The van der Waals surface area contributed by atoms with Gasteiger partial charge in [-0.2, -0.15) is 0 Å². The smallest absolute Gasteiger partial charge is 0.305 e. The van der Waals surface area contributed by atoms with Gasteiger partial charge in [-0.05, 0) is 68.0 Å². The SMILES string of the molecule is O=C(O)CCN(CCc1ccccc1)C(=O)c1ccc2c(c1)C(=O)N(CCC1CCNCC1)C2. The molecule has 2 aromatic carbocycles. The molecule has 2 N–H and O–H groups in total. The lowest BCUT2D eigenvalue weighted by Gasteiger charge is -2.25. The third-order valence-corrected chi connectivity index (χ3v) is 6.90. The molecule has 2 aliphatic heterocycles. The largest absolute Gasteiger partial charge is 0.481 e. The Morgan fingerprint density at radius 1 is 1.06 bits per heavy atom. The van der Waals surface area contributed by atoms with E-state index in [1.165, 1.54) is 0 Å². The van der Waals surface area contributed by atoms with Crippen molar-refractivity contribution in [2.75, 3.05) is 32.7 Å². The minimum atomic E-state index is -0.939. The lowest BCUT2D eigenvalue weighted by Crippen LogP contribution is -2.35. The van der Waals surface area contributed by atoms with Crippen LogP contribution in [-0.2, 0) is 17.8 Å². The van der Waals surface area contributed by atoms with Crippen molar-refractivity contribution >= 4 is 17.8 Å². The number of aliphatic carboxylic acids is 1. The van der Waals surface area contributed by atoms with Crippen molar-refractivity contribution in [1.82, 2.24) is 15.1 Å². The Kier molecular flexibility index (Phi) is 7.95. The Morgan fingerprint density at radius 2 is 1.82 bits per heavy atom. The number of fused-ring (bicyclic) bond motifs is 1. The molecular formula is C27H33N3O4. The monoisotopic (exact) mass is 463 g/mol. The molecule has 0 radical (unpaired) electrons. The molecule has 2 heterocycles. The van der Waals surface area contributed by atoms with Gasteiger partial charge in [-0.15, -0.1) is 0 Å². The van der Waals surface area contributed by atoms with E-state index >= 15 is 0 Å². The first-order chi connectivity index (χ1) is 16.5. The molecular weight excluding hydrogens is 430 g/mol. The fraction of sp³-hybridized carbons (Fsp3) is 0.444. The van der Waals surface area contributed by atoms with Gasteiger partial charge >= 0.3 is 5.97 Å². The summed E-state index contributed by atoms with van der Waals surface area (Å²) in [4.78, 5) is 41.0. The molecule has 2 amide bonds. The van der Waals surface area contributed by atoms with E-state index in [-0.39, 0.29) is 24.8 Å². The first kappa shape index (κ1) is 24.0. The van der Waals surface area contributed by atoms with Crippen LogP contribution in [0.1, 0.15) is 57.5 Å². The summed E-state index contributed by atoms with van der Waals surface area (Å²) in [6.07, 6.45) is 3.84. The summed E-state index contributed by atoms with van der Waals surface area (Å²) in [7, 11) is 0. The van der Waals surface area contributed by atoms with Crippen LogP contribution in [-0.4, -0.2) is 65.4 Å². The molecule has 0 saturated carbocycles. The molecule has 0 unspecified atom stereocenters. The summed E-state index contributed by atoms with van der Waals surface area (Å²) >= 11 is 0. The molecule has 7 heteroatoms. The highest BCUT2D eigenvalue weighted by molar-refractivity contribution is 6.02. The van der Waals surface area contributed by atoms with Gasteiger partial charge in [-0.25, -0.2) is 0 Å². The number of rotatable bonds is 10. The molecule has 0 atom stereocenters. The van der Waals surface area contributed by atoms with Crippen molar-refractivity contribution in [3.8, 4) is 0 Å². The summed E-state index contributed by atoms with van der Waals surface area (Å²) in [5.74, 6) is -0.533. The van der Waals surface area contributed by atoms with Gasteiger partial charge in [0.1, 0.15) is 0 Å². The fourth-order valence-corrected chi connectivity index (χ4v) is 4.82. The predicted octanol–water partition coefficient (Wildman–Crippen LogP) is 3.19. The number of carbonyl (C=O) groups is 3. The molecule has 180 valence electrons. The highest BCUT2D eigenvalue weighted by atomic mass is 16.4. The highest BCUT2D eigenvalue weighted by Crippen LogP contribution is 2.26. The van der Waals surface area contributed by atoms with Crippen LogP contribution in [0.15, 0.2) is 48.5 Å². The molecule has 0 aliphatic carbocycles. The van der Waals surface area contributed by atoms with Gasteiger partial charge in [0.2, 0.25) is 0 Å². The second-order valence-electron chi connectivity index (χ2n) is 9.25. The minimum Gasteiger partial charge on any atom is -0.481 e. The number of benzene rings is 2. The van der Waals surface area contributed by atoms with Crippen molar-refractivity contribution in [3.63, 3.8) is 0 Å². The lowest BCUT2D eigenvalue weighted by atomic mass is 9.94. The van der Waals surface area contributed by atoms with Crippen molar-refractivity contribution < 1.29 is 19.5 Å². The van der Waals surface area contributed by atoms with Crippen LogP contribution in [0.4, 0.5) is 0 Å². The molecule has 7 nitrogen and oxygen atoms in total. The summed E-state index contributed by atoms with van der Waals surface area (Å²) < 4.78 is 0. The summed E-state index contributed by atoms with van der Waals surface area (Å²) in [6.45, 7) is 3.98. The Balaban J connectivity index is 1.42. The molecule has 0 spiro atoms. The third kappa shape index (κ3) is 6.03. The number of hydrogen-bond acceptors (Lipinski definition) is 4. The van der Waals surface area contributed by atoms with Gasteiger partial charge in [-0.3, -0.25) is 14.4 Å². The topological polar surface area (TPSA) is 90.0 Å². The molecule has 1 saturated heterocycles. The van der Waals surface area contributed by atoms with Crippen LogP contribution in [0, 0.1) is 5.92 Å². The number of carboxylic acids is 1. The summed E-state index contributed by atoms with van der Waals surface area (Å²) in [6, 6.07) is 15.1. The fourth-order valence-electron chi connectivity index (χ4n) is 4.82.